The lowest BCUT2D eigenvalue weighted by molar-refractivity contribution is -0.121. The lowest BCUT2D eigenvalue weighted by atomic mass is 10.2. The van der Waals surface area contributed by atoms with Gasteiger partial charge < -0.3 is 15.1 Å². The monoisotopic (exact) mass is 385 g/mol. The number of aromatic nitrogens is 1. The first kappa shape index (κ1) is 19.1. The van der Waals surface area contributed by atoms with E-state index >= 15 is 0 Å². The van der Waals surface area contributed by atoms with Crippen molar-refractivity contribution in [3.8, 4) is 10.8 Å². The van der Waals surface area contributed by atoms with E-state index < -0.39 is 0 Å². The Morgan fingerprint density at radius 1 is 1.07 bits per heavy atom. The molecule has 0 aliphatic rings. The van der Waals surface area contributed by atoms with Crippen LogP contribution in [0.1, 0.15) is 38.4 Å². The molecule has 2 amide bonds. The Hall–Kier alpha value is -2.67. The van der Waals surface area contributed by atoms with Gasteiger partial charge in [-0.3, -0.25) is 9.59 Å². The van der Waals surface area contributed by atoms with Crippen LogP contribution in [0.5, 0.6) is 0 Å². The van der Waals surface area contributed by atoms with Crippen LogP contribution in [0, 0.1) is 0 Å². The van der Waals surface area contributed by atoms with Gasteiger partial charge in [0.1, 0.15) is 5.76 Å². The molecule has 27 heavy (non-hydrogen) atoms. The zero-order valence-corrected chi connectivity index (χ0v) is 16.1. The fourth-order valence-electron chi connectivity index (χ4n) is 2.69. The van der Waals surface area contributed by atoms with Gasteiger partial charge in [0, 0.05) is 19.9 Å². The first-order chi connectivity index (χ1) is 13.1. The average molecular weight is 385 g/mol. The van der Waals surface area contributed by atoms with Gasteiger partial charge in [0.25, 0.3) is 0 Å². The lowest BCUT2D eigenvalue weighted by Gasteiger charge is -2.04. The summed E-state index contributed by atoms with van der Waals surface area (Å²) in [5.74, 6) is 1.42. The normalized spacial score (nSPS) is 10.9. The first-order valence-corrected chi connectivity index (χ1v) is 9.89. The Morgan fingerprint density at radius 3 is 2.74 bits per heavy atom. The minimum Gasteiger partial charge on any atom is -0.457 e. The SMILES string of the molecule is CC(=O)NCCCCCC(=O)NCc1ccc(-c2nc3ccccc3s2)o1. The molecule has 0 saturated carbocycles. The molecule has 0 saturated heterocycles. The third-order valence-electron chi connectivity index (χ3n) is 4.08. The Bertz CT molecular complexity index is 883. The van der Waals surface area contributed by atoms with Crippen molar-refractivity contribution in [2.75, 3.05) is 6.54 Å². The van der Waals surface area contributed by atoms with Crippen LogP contribution in [0.4, 0.5) is 0 Å². The standard InChI is InChI=1S/C20H23N3O3S/c1-14(24)21-12-6-2-3-9-19(25)22-13-15-10-11-17(26-15)20-23-16-7-4-5-8-18(16)27-20/h4-5,7-8,10-11H,2-3,6,9,12-13H2,1H3,(H,21,24)(H,22,25). The molecule has 0 atom stereocenters. The molecule has 3 rings (SSSR count). The van der Waals surface area contributed by atoms with Crippen LogP contribution in [0.15, 0.2) is 40.8 Å². The molecule has 6 nitrogen and oxygen atoms in total. The number of para-hydroxylation sites is 1. The maximum absolute atomic E-state index is 11.9. The highest BCUT2D eigenvalue weighted by molar-refractivity contribution is 7.21. The molecule has 2 heterocycles. The van der Waals surface area contributed by atoms with Crippen molar-refractivity contribution in [3.63, 3.8) is 0 Å². The summed E-state index contributed by atoms with van der Waals surface area (Å²) in [6.45, 7) is 2.54. The summed E-state index contributed by atoms with van der Waals surface area (Å²) in [5.41, 5.74) is 0.960. The number of benzene rings is 1. The van der Waals surface area contributed by atoms with E-state index in [9.17, 15) is 9.59 Å². The summed E-state index contributed by atoms with van der Waals surface area (Å²) in [5, 5.41) is 6.47. The highest BCUT2D eigenvalue weighted by Crippen LogP contribution is 2.31. The summed E-state index contributed by atoms with van der Waals surface area (Å²) in [7, 11) is 0. The molecule has 1 aromatic carbocycles. The minimum absolute atomic E-state index is 0.00691. The number of hydrogen-bond acceptors (Lipinski definition) is 5. The van der Waals surface area contributed by atoms with Gasteiger partial charge in [-0.1, -0.05) is 18.6 Å². The van der Waals surface area contributed by atoms with Gasteiger partial charge in [0.05, 0.1) is 16.8 Å². The first-order valence-electron chi connectivity index (χ1n) is 9.07. The van der Waals surface area contributed by atoms with E-state index in [2.05, 4.69) is 15.6 Å². The summed E-state index contributed by atoms with van der Waals surface area (Å²) in [4.78, 5) is 27.3. The molecule has 2 N–H and O–H groups in total. The number of carbonyl (C=O) groups is 2. The topological polar surface area (TPSA) is 84.2 Å². The summed E-state index contributed by atoms with van der Waals surface area (Å²) >= 11 is 1.59. The predicted molar refractivity (Wildman–Crippen MR) is 106 cm³/mol. The van der Waals surface area contributed by atoms with Crippen molar-refractivity contribution in [3.05, 3.63) is 42.2 Å². The number of nitrogens with one attached hydrogen (secondary N) is 2. The van der Waals surface area contributed by atoms with E-state index in [0.717, 1.165) is 40.2 Å². The number of fused-ring (bicyclic) bond motifs is 1. The number of nitrogens with zero attached hydrogens (tertiary/aromatic N) is 1. The van der Waals surface area contributed by atoms with Crippen LogP contribution >= 0.6 is 11.3 Å². The minimum atomic E-state index is -0.0172. The Balaban J connectivity index is 1.41. The highest BCUT2D eigenvalue weighted by Gasteiger charge is 2.11. The summed E-state index contributed by atoms with van der Waals surface area (Å²) < 4.78 is 6.95. The molecule has 0 bridgehead atoms. The van der Waals surface area contributed by atoms with Gasteiger partial charge in [0.15, 0.2) is 10.8 Å². The molecule has 0 aliphatic heterocycles. The second kappa shape index (κ2) is 9.32. The fraction of sp³-hybridized carbons (Fsp3) is 0.350. The van der Waals surface area contributed by atoms with Gasteiger partial charge >= 0.3 is 0 Å². The molecular formula is C20H23N3O3S. The number of furan rings is 1. The second-order valence-electron chi connectivity index (χ2n) is 6.32. The van der Waals surface area contributed by atoms with Crippen LogP contribution in [-0.2, 0) is 16.1 Å². The largest absolute Gasteiger partial charge is 0.457 e. The molecule has 142 valence electrons. The maximum Gasteiger partial charge on any atom is 0.220 e. The van der Waals surface area contributed by atoms with E-state index in [0.29, 0.717) is 25.3 Å². The third kappa shape index (κ3) is 5.65. The molecule has 0 unspecified atom stereocenters. The van der Waals surface area contributed by atoms with E-state index in [1.54, 1.807) is 11.3 Å². The van der Waals surface area contributed by atoms with Crippen LogP contribution in [0.2, 0.25) is 0 Å². The maximum atomic E-state index is 11.9. The van der Waals surface area contributed by atoms with Gasteiger partial charge in [-0.25, -0.2) is 4.98 Å². The van der Waals surface area contributed by atoms with Crippen LogP contribution in [-0.4, -0.2) is 23.3 Å². The van der Waals surface area contributed by atoms with Crippen molar-refractivity contribution in [2.24, 2.45) is 0 Å². The van der Waals surface area contributed by atoms with Crippen molar-refractivity contribution in [1.82, 2.24) is 15.6 Å². The van der Waals surface area contributed by atoms with Crippen LogP contribution in [0.3, 0.4) is 0 Å². The molecule has 0 aliphatic carbocycles. The number of amides is 2. The van der Waals surface area contributed by atoms with E-state index in [1.807, 2.05) is 36.4 Å². The highest BCUT2D eigenvalue weighted by atomic mass is 32.1. The zero-order valence-electron chi connectivity index (χ0n) is 15.3. The Kier molecular flexibility index (Phi) is 6.59. The second-order valence-corrected chi connectivity index (χ2v) is 7.35. The fourth-order valence-corrected chi connectivity index (χ4v) is 3.62. The van der Waals surface area contributed by atoms with Crippen molar-refractivity contribution in [2.45, 2.75) is 39.2 Å². The lowest BCUT2D eigenvalue weighted by Crippen LogP contribution is -2.22. The van der Waals surface area contributed by atoms with E-state index in [1.165, 1.54) is 6.92 Å². The molecule has 0 fully saturated rings. The number of unbranched alkanes of at least 4 members (excludes halogenated alkanes) is 2. The smallest absolute Gasteiger partial charge is 0.220 e. The summed E-state index contributed by atoms with van der Waals surface area (Å²) in [6.07, 6.45) is 3.08. The van der Waals surface area contributed by atoms with Gasteiger partial charge in [0.2, 0.25) is 11.8 Å². The van der Waals surface area contributed by atoms with Crippen LogP contribution in [0.25, 0.3) is 21.0 Å². The summed E-state index contributed by atoms with van der Waals surface area (Å²) in [6, 6.07) is 11.7. The number of hydrogen-bond donors (Lipinski definition) is 2. The van der Waals surface area contributed by atoms with Crippen molar-refractivity contribution >= 4 is 33.4 Å². The van der Waals surface area contributed by atoms with Gasteiger partial charge in [-0.15, -0.1) is 11.3 Å². The molecule has 0 spiro atoms. The Labute approximate surface area is 162 Å². The Morgan fingerprint density at radius 2 is 1.93 bits per heavy atom. The van der Waals surface area contributed by atoms with Crippen LogP contribution < -0.4 is 10.6 Å². The molecule has 7 heteroatoms. The molecular weight excluding hydrogens is 362 g/mol. The van der Waals surface area contributed by atoms with Gasteiger partial charge in [-0.2, -0.15) is 0 Å². The van der Waals surface area contributed by atoms with Gasteiger partial charge in [-0.05, 0) is 37.1 Å². The quantitative estimate of drug-likeness (QED) is 0.548. The van der Waals surface area contributed by atoms with E-state index in [4.69, 9.17) is 4.42 Å². The average Bonchev–Trinajstić information content (AvgIpc) is 3.29. The predicted octanol–water partition coefficient (Wildman–Crippen LogP) is 3.87. The van der Waals surface area contributed by atoms with E-state index in [-0.39, 0.29) is 11.8 Å². The zero-order chi connectivity index (χ0) is 19.1. The third-order valence-corrected chi connectivity index (χ3v) is 5.13. The number of thiazole rings is 1. The molecule has 0 radical (unpaired) electrons. The molecule has 2 aromatic heterocycles. The van der Waals surface area contributed by atoms with Crippen molar-refractivity contribution < 1.29 is 14.0 Å². The van der Waals surface area contributed by atoms with Crippen molar-refractivity contribution in [1.29, 1.82) is 0 Å². The number of carbonyl (C=O) groups excluding carboxylic acids is 2. The number of rotatable bonds is 9. The molecule has 3 aromatic rings.